The van der Waals surface area contributed by atoms with Crippen LogP contribution in [-0.4, -0.2) is 16.3 Å². The van der Waals surface area contributed by atoms with Gasteiger partial charge in [-0.1, -0.05) is 25.4 Å². The Morgan fingerprint density at radius 2 is 2.29 bits per heavy atom. The monoisotopic (exact) mass is 215 g/mol. The normalized spacial score (nSPS) is 10.6. The van der Waals surface area contributed by atoms with Crippen molar-refractivity contribution in [3.05, 3.63) is 21.6 Å². The second-order valence-corrected chi connectivity index (χ2v) is 3.98. The molecule has 1 N–H and O–H groups in total. The Morgan fingerprint density at radius 1 is 1.64 bits per heavy atom. The van der Waals surface area contributed by atoms with Crippen LogP contribution < -0.4 is 10.9 Å². The van der Waals surface area contributed by atoms with Crippen LogP contribution in [0.5, 0.6) is 0 Å². The Hall–Kier alpha value is -1.03. The predicted octanol–water partition coefficient (Wildman–Crippen LogP) is 1.50. The second kappa shape index (κ2) is 4.46. The van der Waals surface area contributed by atoms with Crippen LogP contribution in [0, 0.1) is 5.92 Å². The minimum atomic E-state index is -0.196. The van der Waals surface area contributed by atoms with E-state index >= 15 is 0 Å². The van der Waals surface area contributed by atoms with Crippen molar-refractivity contribution in [2.75, 3.05) is 11.9 Å². The van der Waals surface area contributed by atoms with Gasteiger partial charge in [0.05, 0.1) is 11.2 Å². The highest BCUT2D eigenvalue weighted by atomic mass is 35.5. The highest BCUT2D eigenvalue weighted by Gasteiger charge is 2.07. The molecule has 0 aliphatic carbocycles. The Kier molecular flexibility index (Phi) is 3.52. The first-order chi connectivity index (χ1) is 6.52. The predicted molar refractivity (Wildman–Crippen MR) is 57.8 cm³/mol. The van der Waals surface area contributed by atoms with Crippen molar-refractivity contribution < 1.29 is 0 Å². The maximum absolute atomic E-state index is 11.6. The summed E-state index contributed by atoms with van der Waals surface area (Å²) < 4.78 is 1.26. The molecule has 0 saturated heterocycles. The summed E-state index contributed by atoms with van der Waals surface area (Å²) in [6.07, 6.45) is 1.46. The molecule has 0 fully saturated rings. The highest BCUT2D eigenvalue weighted by molar-refractivity contribution is 6.32. The van der Waals surface area contributed by atoms with Gasteiger partial charge in [-0.2, -0.15) is 5.10 Å². The first-order valence-corrected chi connectivity index (χ1v) is 4.86. The molecular weight excluding hydrogens is 202 g/mol. The molecule has 0 spiro atoms. The highest BCUT2D eigenvalue weighted by Crippen LogP contribution is 2.14. The van der Waals surface area contributed by atoms with Crippen LogP contribution in [0.25, 0.3) is 0 Å². The lowest BCUT2D eigenvalue weighted by molar-refractivity contribution is 0.677. The number of rotatable bonds is 3. The van der Waals surface area contributed by atoms with Crippen LogP contribution in [0.1, 0.15) is 13.8 Å². The number of anilines is 1. The van der Waals surface area contributed by atoms with Gasteiger partial charge in [0.1, 0.15) is 5.69 Å². The maximum atomic E-state index is 11.6. The summed E-state index contributed by atoms with van der Waals surface area (Å²) in [5.41, 5.74) is 0.232. The first-order valence-electron chi connectivity index (χ1n) is 4.48. The van der Waals surface area contributed by atoms with E-state index in [1.807, 2.05) is 0 Å². The van der Waals surface area contributed by atoms with Gasteiger partial charge in [0, 0.05) is 13.6 Å². The van der Waals surface area contributed by atoms with Gasteiger partial charge in [0.15, 0.2) is 0 Å². The zero-order chi connectivity index (χ0) is 10.7. The number of halogens is 1. The third-order valence-corrected chi connectivity index (χ3v) is 2.06. The van der Waals surface area contributed by atoms with Crippen molar-refractivity contribution >= 4 is 17.3 Å². The fourth-order valence-corrected chi connectivity index (χ4v) is 1.18. The van der Waals surface area contributed by atoms with Gasteiger partial charge in [-0.05, 0) is 5.92 Å². The minimum absolute atomic E-state index is 0.196. The molecular formula is C9H14ClN3O. The molecule has 0 aliphatic heterocycles. The Morgan fingerprint density at radius 3 is 2.86 bits per heavy atom. The van der Waals surface area contributed by atoms with E-state index in [1.54, 1.807) is 7.05 Å². The van der Waals surface area contributed by atoms with Gasteiger partial charge >= 0.3 is 0 Å². The lowest BCUT2D eigenvalue weighted by Gasteiger charge is -2.10. The van der Waals surface area contributed by atoms with E-state index in [0.29, 0.717) is 16.6 Å². The van der Waals surface area contributed by atoms with E-state index in [2.05, 4.69) is 24.3 Å². The van der Waals surface area contributed by atoms with Gasteiger partial charge < -0.3 is 5.32 Å². The minimum Gasteiger partial charge on any atom is -0.379 e. The molecule has 0 amide bonds. The van der Waals surface area contributed by atoms with Gasteiger partial charge in [-0.15, -0.1) is 0 Å². The molecule has 0 unspecified atom stereocenters. The van der Waals surface area contributed by atoms with Crippen molar-refractivity contribution in [3.63, 3.8) is 0 Å². The van der Waals surface area contributed by atoms with Crippen LogP contribution in [0.4, 0.5) is 5.69 Å². The van der Waals surface area contributed by atoms with Crippen molar-refractivity contribution in [3.8, 4) is 0 Å². The third-order valence-electron chi connectivity index (χ3n) is 1.78. The number of aryl methyl sites for hydroxylation is 1. The van der Waals surface area contributed by atoms with Crippen LogP contribution in [0.2, 0.25) is 5.02 Å². The second-order valence-electron chi connectivity index (χ2n) is 3.57. The Bertz CT molecular complexity index is 373. The quantitative estimate of drug-likeness (QED) is 0.832. The summed E-state index contributed by atoms with van der Waals surface area (Å²) in [5, 5.41) is 7.18. The van der Waals surface area contributed by atoms with E-state index < -0.39 is 0 Å². The first kappa shape index (κ1) is 11.0. The van der Waals surface area contributed by atoms with E-state index in [0.717, 1.165) is 6.54 Å². The average Bonchev–Trinajstić information content (AvgIpc) is 2.11. The number of aromatic nitrogens is 2. The summed E-state index contributed by atoms with van der Waals surface area (Å²) >= 11 is 5.85. The molecule has 5 heteroatoms. The van der Waals surface area contributed by atoms with E-state index in [1.165, 1.54) is 10.9 Å². The lowest BCUT2D eigenvalue weighted by Crippen LogP contribution is -2.24. The third kappa shape index (κ3) is 2.48. The number of hydrogen-bond acceptors (Lipinski definition) is 3. The van der Waals surface area contributed by atoms with Crippen LogP contribution in [-0.2, 0) is 7.05 Å². The SMILES string of the molecule is CC(C)CNc1c(Cl)cnn(C)c1=O. The molecule has 0 saturated carbocycles. The van der Waals surface area contributed by atoms with Crippen molar-refractivity contribution in [1.82, 2.24) is 9.78 Å². The van der Waals surface area contributed by atoms with Crippen LogP contribution >= 0.6 is 11.6 Å². The summed E-state index contributed by atoms with van der Waals surface area (Å²) in [4.78, 5) is 11.6. The summed E-state index contributed by atoms with van der Waals surface area (Å²) in [7, 11) is 1.60. The van der Waals surface area contributed by atoms with Gasteiger partial charge in [0.2, 0.25) is 0 Å². The fraction of sp³-hybridized carbons (Fsp3) is 0.556. The molecule has 1 aromatic rings. The molecule has 0 atom stereocenters. The lowest BCUT2D eigenvalue weighted by atomic mass is 10.2. The van der Waals surface area contributed by atoms with Gasteiger partial charge in [0.25, 0.3) is 5.56 Å². The average molecular weight is 216 g/mol. The zero-order valence-corrected chi connectivity index (χ0v) is 9.30. The van der Waals surface area contributed by atoms with E-state index in [9.17, 15) is 4.79 Å². The topological polar surface area (TPSA) is 46.9 Å². The molecule has 4 nitrogen and oxygen atoms in total. The molecule has 14 heavy (non-hydrogen) atoms. The number of nitrogens with one attached hydrogen (secondary N) is 1. The fourth-order valence-electron chi connectivity index (χ4n) is 0.984. The molecule has 0 aliphatic rings. The number of nitrogens with zero attached hydrogens (tertiary/aromatic N) is 2. The molecule has 0 bridgehead atoms. The Balaban J connectivity index is 2.95. The standard InChI is InChI=1S/C9H14ClN3O/c1-6(2)4-11-8-7(10)5-12-13(3)9(8)14/h5-6,11H,4H2,1-3H3. The molecule has 1 aromatic heterocycles. The summed E-state index contributed by atoms with van der Waals surface area (Å²) in [6, 6.07) is 0. The number of hydrogen-bond donors (Lipinski definition) is 1. The van der Waals surface area contributed by atoms with Gasteiger partial charge in [-0.3, -0.25) is 4.79 Å². The molecule has 1 heterocycles. The van der Waals surface area contributed by atoms with Crippen molar-refractivity contribution in [2.24, 2.45) is 13.0 Å². The molecule has 78 valence electrons. The van der Waals surface area contributed by atoms with E-state index in [-0.39, 0.29) is 5.56 Å². The molecule has 0 radical (unpaired) electrons. The van der Waals surface area contributed by atoms with Crippen molar-refractivity contribution in [2.45, 2.75) is 13.8 Å². The van der Waals surface area contributed by atoms with Crippen LogP contribution in [0.15, 0.2) is 11.0 Å². The van der Waals surface area contributed by atoms with Gasteiger partial charge in [-0.25, -0.2) is 4.68 Å². The summed E-state index contributed by atoms with van der Waals surface area (Å²) in [5.74, 6) is 0.462. The zero-order valence-electron chi connectivity index (χ0n) is 8.54. The Labute approximate surface area is 87.9 Å². The smallest absolute Gasteiger partial charge is 0.291 e. The van der Waals surface area contributed by atoms with E-state index in [4.69, 9.17) is 11.6 Å². The molecule has 1 rings (SSSR count). The maximum Gasteiger partial charge on any atom is 0.291 e. The van der Waals surface area contributed by atoms with Crippen molar-refractivity contribution in [1.29, 1.82) is 0 Å². The largest absolute Gasteiger partial charge is 0.379 e. The molecule has 0 aromatic carbocycles. The summed E-state index contributed by atoms with van der Waals surface area (Å²) in [6.45, 7) is 4.85. The van der Waals surface area contributed by atoms with Crippen LogP contribution in [0.3, 0.4) is 0 Å².